The molecule has 0 aliphatic carbocycles. The number of aryl methyl sites for hydroxylation is 4. The monoisotopic (exact) mass is 556 g/mol. The Balaban J connectivity index is 1.04. The summed E-state index contributed by atoms with van der Waals surface area (Å²) in [5.41, 5.74) is 3.81. The van der Waals surface area contributed by atoms with Gasteiger partial charge in [-0.1, -0.05) is 23.7 Å². The Bertz CT molecular complexity index is 1560. The van der Waals surface area contributed by atoms with Gasteiger partial charge in [0.1, 0.15) is 36.3 Å². The Morgan fingerprint density at radius 2 is 0.857 bits per heavy atom. The molecule has 0 atom stereocenters. The normalized spacial score (nSPS) is 10.3. The number of benzene rings is 3. The van der Waals surface area contributed by atoms with Crippen molar-refractivity contribution >= 4 is 0 Å². The topological polar surface area (TPSA) is 36.1 Å². The molecule has 0 amide bonds. The highest BCUT2D eigenvalue weighted by Crippen LogP contribution is 2.13. The van der Waals surface area contributed by atoms with Crippen LogP contribution < -0.4 is 18.6 Å². The van der Waals surface area contributed by atoms with Gasteiger partial charge in [-0.3, -0.25) is 0 Å². The van der Waals surface area contributed by atoms with Gasteiger partial charge < -0.3 is 9.47 Å². The first kappa shape index (κ1) is 28.3. The lowest BCUT2D eigenvalue weighted by Gasteiger charge is -2.05. The van der Waals surface area contributed by atoms with E-state index in [0.29, 0.717) is 13.2 Å². The Kier molecular flexibility index (Phi) is 9.74. The van der Waals surface area contributed by atoms with Crippen LogP contribution in [0.1, 0.15) is 35.1 Å². The molecular formula is C36H36N4O2+2. The smallest absolute Gasteiger partial charge is 0.243 e. The molecule has 0 unspecified atom stereocenters. The lowest BCUT2D eigenvalue weighted by molar-refractivity contribution is -0.697. The molecule has 5 aromatic rings. The molecule has 6 nitrogen and oxygen atoms in total. The van der Waals surface area contributed by atoms with E-state index in [1.807, 2.05) is 108 Å². The van der Waals surface area contributed by atoms with Gasteiger partial charge in [0.15, 0.2) is 0 Å². The van der Waals surface area contributed by atoms with Crippen LogP contribution in [0.25, 0.3) is 0 Å². The van der Waals surface area contributed by atoms with Gasteiger partial charge in [-0.2, -0.15) is 0 Å². The van der Waals surface area contributed by atoms with Crippen LogP contribution in [-0.2, 0) is 27.2 Å². The van der Waals surface area contributed by atoms with Gasteiger partial charge in [0, 0.05) is 35.1 Å². The molecule has 210 valence electrons. The molecule has 42 heavy (non-hydrogen) atoms. The lowest BCUT2D eigenvalue weighted by atomic mass is 10.1. The summed E-state index contributed by atoms with van der Waals surface area (Å²) >= 11 is 0. The fourth-order valence-corrected chi connectivity index (χ4v) is 4.34. The summed E-state index contributed by atoms with van der Waals surface area (Å²) in [5, 5.41) is 0. The average Bonchev–Trinajstić information content (AvgIpc) is 3.64. The van der Waals surface area contributed by atoms with E-state index in [4.69, 9.17) is 9.47 Å². The summed E-state index contributed by atoms with van der Waals surface area (Å²) < 4.78 is 20.1. The molecule has 3 aromatic carbocycles. The van der Waals surface area contributed by atoms with E-state index in [9.17, 15) is 0 Å². The van der Waals surface area contributed by atoms with Gasteiger partial charge in [-0.05, 0) is 72.8 Å². The molecule has 6 heteroatoms. The first-order chi connectivity index (χ1) is 20.6. The van der Waals surface area contributed by atoms with Crippen molar-refractivity contribution in [2.24, 2.45) is 14.1 Å². The van der Waals surface area contributed by atoms with Crippen LogP contribution in [-0.4, -0.2) is 22.3 Å². The number of imidazole rings is 2. The van der Waals surface area contributed by atoms with Crippen LogP contribution >= 0.6 is 0 Å². The molecule has 5 rings (SSSR count). The Hall–Kier alpha value is -5.20. The van der Waals surface area contributed by atoms with Crippen molar-refractivity contribution in [2.75, 3.05) is 13.2 Å². The van der Waals surface area contributed by atoms with E-state index >= 15 is 0 Å². The minimum absolute atomic E-state index is 0.677. The molecule has 0 saturated heterocycles. The van der Waals surface area contributed by atoms with Gasteiger partial charge in [-0.25, -0.2) is 18.3 Å². The second kappa shape index (κ2) is 14.4. The van der Waals surface area contributed by atoms with E-state index in [0.717, 1.165) is 59.7 Å². The molecule has 0 N–H and O–H groups in total. The summed E-state index contributed by atoms with van der Waals surface area (Å²) in [6.45, 7) is 3.23. The highest BCUT2D eigenvalue weighted by atomic mass is 16.5. The minimum atomic E-state index is 0.677. The van der Waals surface area contributed by atoms with E-state index in [1.54, 1.807) is 0 Å². The van der Waals surface area contributed by atoms with E-state index < -0.39 is 0 Å². The van der Waals surface area contributed by atoms with E-state index in [2.05, 4.69) is 57.9 Å². The molecule has 0 aliphatic rings. The van der Waals surface area contributed by atoms with Crippen LogP contribution in [0.2, 0.25) is 0 Å². The SMILES string of the molecule is Cn1cc[n+](CCCOc2ccc(C#Cc3ccc(C#Cc4ccc(OCCC[n+]5ccn(C)c5)cc4)cc3)cc2)c1. The van der Waals surface area contributed by atoms with Crippen molar-refractivity contribution in [3.8, 4) is 35.2 Å². The molecule has 0 bridgehead atoms. The summed E-state index contributed by atoms with van der Waals surface area (Å²) in [4.78, 5) is 0. The van der Waals surface area contributed by atoms with Crippen molar-refractivity contribution in [2.45, 2.75) is 25.9 Å². The number of hydrogen-bond acceptors (Lipinski definition) is 2. The van der Waals surface area contributed by atoms with Crippen LogP contribution in [0, 0.1) is 23.7 Å². The molecule has 0 spiro atoms. The minimum Gasteiger partial charge on any atom is -0.493 e. The van der Waals surface area contributed by atoms with Gasteiger partial charge >= 0.3 is 0 Å². The van der Waals surface area contributed by atoms with Crippen molar-refractivity contribution in [3.05, 3.63) is 132 Å². The number of aromatic nitrogens is 4. The van der Waals surface area contributed by atoms with Gasteiger partial charge in [0.2, 0.25) is 12.7 Å². The van der Waals surface area contributed by atoms with Crippen LogP contribution in [0.15, 0.2) is 110 Å². The highest BCUT2D eigenvalue weighted by molar-refractivity contribution is 5.48. The third-order valence-electron chi connectivity index (χ3n) is 6.60. The first-order valence-corrected chi connectivity index (χ1v) is 14.2. The molecule has 0 aliphatic heterocycles. The third-order valence-corrected chi connectivity index (χ3v) is 6.60. The fraction of sp³-hybridized carbons (Fsp3) is 0.222. The standard InChI is InChI=1S/C36H36N4O2/c1-37-23-25-39(29-37)21-3-27-41-35-17-13-33(14-18-35)11-9-31-5-7-32(8-6-31)10-12-34-15-19-36(20-16-34)42-28-4-22-40-26-24-38(2)30-40/h5-8,13-20,23-26,29-30H,3-4,21-22,27-28H2,1-2H3/q+2. The zero-order chi connectivity index (χ0) is 29.0. The van der Waals surface area contributed by atoms with E-state index in [-0.39, 0.29) is 0 Å². The predicted molar refractivity (Wildman–Crippen MR) is 163 cm³/mol. The maximum Gasteiger partial charge on any atom is 0.243 e. The zero-order valence-corrected chi connectivity index (χ0v) is 24.2. The van der Waals surface area contributed by atoms with Crippen LogP contribution in [0.4, 0.5) is 0 Å². The molecule has 2 heterocycles. The summed E-state index contributed by atoms with van der Waals surface area (Å²) in [5.74, 6) is 14.6. The van der Waals surface area contributed by atoms with Crippen molar-refractivity contribution in [1.29, 1.82) is 0 Å². The maximum atomic E-state index is 5.87. The van der Waals surface area contributed by atoms with Gasteiger partial charge in [0.05, 0.1) is 40.4 Å². The van der Waals surface area contributed by atoms with Crippen molar-refractivity contribution in [1.82, 2.24) is 9.13 Å². The Labute approximate surface area is 248 Å². The lowest BCUT2D eigenvalue weighted by Crippen LogP contribution is -2.31. The van der Waals surface area contributed by atoms with Gasteiger partial charge in [-0.15, -0.1) is 0 Å². The quantitative estimate of drug-likeness (QED) is 0.142. The summed E-state index contributed by atoms with van der Waals surface area (Å²) in [6.07, 6.45) is 14.3. The van der Waals surface area contributed by atoms with Gasteiger partial charge in [0.25, 0.3) is 0 Å². The largest absolute Gasteiger partial charge is 0.493 e. The second-order valence-electron chi connectivity index (χ2n) is 10.2. The summed E-state index contributed by atoms with van der Waals surface area (Å²) in [7, 11) is 4.04. The number of rotatable bonds is 10. The Morgan fingerprint density at radius 1 is 0.524 bits per heavy atom. The molecule has 0 saturated carbocycles. The van der Waals surface area contributed by atoms with E-state index in [1.165, 1.54) is 0 Å². The molecule has 2 aromatic heterocycles. The molecular weight excluding hydrogens is 520 g/mol. The fourth-order valence-electron chi connectivity index (χ4n) is 4.34. The third kappa shape index (κ3) is 8.91. The Morgan fingerprint density at radius 3 is 1.17 bits per heavy atom. The maximum absolute atomic E-state index is 5.87. The average molecular weight is 557 g/mol. The zero-order valence-electron chi connectivity index (χ0n) is 24.2. The first-order valence-electron chi connectivity index (χ1n) is 14.2. The van der Waals surface area contributed by atoms with Crippen LogP contribution in [0.3, 0.4) is 0 Å². The molecule has 0 radical (unpaired) electrons. The van der Waals surface area contributed by atoms with Crippen LogP contribution in [0.5, 0.6) is 11.5 Å². The number of hydrogen-bond donors (Lipinski definition) is 0. The van der Waals surface area contributed by atoms with Crippen molar-refractivity contribution in [3.63, 3.8) is 0 Å². The molecule has 0 fully saturated rings. The number of ether oxygens (including phenoxy) is 2. The van der Waals surface area contributed by atoms with Crippen molar-refractivity contribution < 1.29 is 18.6 Å². The summed E-state index contributed by atoms with van der Waals surface area (Å²) in [6, 6.07) is 23.9. The highest BCUT2D eigenvalue weighted by Gasteiger charge is 2.02. The predicted octanol–water partition coefficient (Wildman–Crippen LogP) is 4.68. The number of nitrogens with zero attached hydrogens (tertiary/aromatic N) is 4. The second-order valence-corrected chi connectivity index (χ2v) is 10.2.